The van der Waals surface area contributed by atoms with Gasteiger partial charge in [-0.2, -0.15) is 0 Å². The van der Waals surface area contributed by atoms with Crippen molar-refractivity contribution < 1.29 is 19.5 Å². The number of amides is 2. The average Bonchev–Trinajstić information content (AvgIpc) is 2.73. The van der Waals surface area contributed by atoms with Crippen molar-refractivity contribution in [3.05, 3.63) is 78.0 Å². The number of hydrogen-bond donors (Lipinski definition) is 3. The van der Waals surface area contributed by atoms with Gasteiger partial charge in [-0.05, 0) is 17.7 Å². The first-order valence-electron chi connectivity index (χ1n) is 9.61. The minimum Gasteiger partial charge on any atom is -0.480 e. The van der Waals surface area contributed by atoms with Gasteiger partial charge in [0.25, 0.3) is 0 Å². The number of carboxylic acid groups (broad SMARTS) is 1. The number of rotatable bonds is 8. The second-order valence-corrected chi connectivity index (χ2v) is 7.04. The van der Waals surface area contributed by atoms with Crippen LogP contribution in [0, 0.1) is 0 Å². The number of aromatic nitrogens is 1. The first kappa shape index (κ1) is 21.0. The van der Waals surface area contributed by atoms with Gasteiger partial charge < -0.3 is 15.7 Å². The summed E-state index contributed by atoms with van der Waals surface area (Å²) in [7, 11) is 0. The molecule has 0 radical (unpaired) electrons. The maximum Gasteiger partial charge on any atom is 0.326 e. The Morgan fingerprint density at radius 3 is 2.27 bits per heavy atom. The van der Waals surface area contributed by atoms with Crippen molar-refractivity contribution in [2.24, 2.45) is 0 Å². The lowest BCUT2D eigenvalue weighted by Crippen LogP contribution is -2.52. The Morgan fingerprint density at radius 2 is 1.57 bits per heavy atom. The van der Waals surface area contributed by atoms with Crippen molar-refractivity contribution in [2.45, 2.75) is 31.8 Å². The molecule has 0 aliphatic heterocycles. The molecule has 2 aromatic carbocycles. The fraction of sp³-hybridized carbons (Fsp3) is 0.217. The molecule has 7 heteroatoms. The van der Waals surface area contributed by atoms with Gasteiger partial charge in [-0.3, -0.25) is 14.6 Å². The number of carboxylic acids is 1. The molecular formula is C23H23N3O4. The van der Waals surface area contributed by atoms with E-state index in [9.17, 15) is 19.5 Å². The highest BCUT2D eigenvalue weighted by Crippen LogP contribution is 2.13. The third kappa shape index (κ3) is 5.64. The van der Waals surface area contributed by atoms with Crippen LogP contribution >= 0.6 is 0 Å². The van der Waals surface area contributed by atoms with Crippen LogP contribution in [-0.4, -0.2) is 40.0 Å². The van der Waals surface area contributed by atoms with Crippen LogP contribution in [0.15, 0.2) is 66.7 Å². The molecule has 2 atom stereocenters. The summed E-state index contributed by atoms with van der Waals surface area (Å²) in [4.78, 5) is 40.6. The quantitative estimate of drug-likeness (QED) is 0.532. The third-order valence-electron chi connectivity index (χ3n) is 4.66. The summed E-state index contributed by atoms with van der Waals surface area (Å²) in [5.74, 6) is -2.09. The number of para-hydroxylation sites is 1. The molecule has 0 saturated heterocycles. The number of carbonyl (C=O) groups is 3. The summed E-state index contributed by atoms with van der Waals surface area (Å²) < 4.78 is 0. The highest BCUT2D eigenvalue weighted by Gasteiger charge is 2.26. The second-order valence-electron chi connectivity index (χ2n) is 7.04. The van der Waals surface area contributed by atoms with Crippen LogP contribution in [0.1, 0.15) is 18.2 Å². The van der Waals surface area contributed by atoms with Gasteiger partial charge in [0.2, 0.25) is 11.8 Å². The predicted molar refractivity (Wildman–Crippen MR) is 113 cm³/mol. The molecule has 3 aromatic rings. The molecule has 7 nitrogen and oxygen atoms in total. The minimum absolute atomic E-state index is 0.0318. The molecular weight excluding hydrogens is 382 g/mol. The number of pyridine rings is 1. The Morgan fingerprint density at radius 1 is 0.867 bits per heavy atom. The van der Waals surface area contributed by atoms with Gasteiger partial charge >= 0.3 is 5.97 Å². The summed E-state index contributed by atoms with van der Waals surface area (Å²) in [6.45, 7) is 1.32. The number of fused-ring (bicyclic) bond motifs is 1. The molecule has 0 spiro atoms. The highest BCUT2D eigenvalue weighted by molar-refractivity contribution is 5.90. The van der Waals surface area contributed by atoms with Crippen LogP contribution in [0.2, 0.25) is 0 Å². The van der Waals surface area contributed by atoms with Crippen LogP contribution < -0.4 is 10.6 Å². The second kappa shape index (κ2) is 9.65. The monoisotopic (exact) mass is 405 g/mol. The molecule has 0 fully saturated rings. The van der Waals surface area contributed by atoms with Crippen LogP contribution in [0.25, 0.3) is 10.9 Å². The van der Waals surface area contributed by atoms with E-state index >= 15 is 0 Å². The molecule has 30 heavy (non-hydrogen) atoms. The fourth-order valence-corrected chi connectivity index (χ4v) is 3.21. The topological polar surface area (TPSA) is 108 Å². The van der Waals surface area contributed by atoms with Crippen LogP contribution in [0.4, 0.5) is 0 Å². The van der Waals surface area contributed by atoms with Crippen molar-refractivity contribution in [3.63, 3.8) is 0 Å². The molecule has 0 unspecified atom stereocenters. The average molecular weight is 405 g/mol. The zero-order valence-electron chi connectivity index (χ0n) is 16.5. The van der Waals surface area contributed by atoms with Crippen molar-refractivity contribution in [3.8, 4) is 0 Å². The summed E-state index contributed by atoms with van der Waals surface area (Å²) in [5, 5.41) is 15.7. The molecule has 0 aliphatic rings. The molecule has 0 bridgehead atoms. The summed E-state index contributed by atoms with van der Waals surface area (Å²) >= 11 is 0. The standard InChI is InChI=1S/C23H23N3O4/c1-15(27)24-20(13-16-7-3-2-4-8-16)22(28)26-21(23(29)30)14-18-12-11-17-9-5-6-10-19(17)25-18/h2-12,20-21H,13-14H2,1H3,(H,24,27)(H,26,28)(H,29,30)/t20-,21-/m0/s1. The Kier molecular flexibility index (Phi) is 6.75. The number of carbonyl (C=O) groups excluding carboxylic acids is 2. The summed E-state index contributed by atoms with van der Waals surface area (Å²) in [6, 6.07) is 18.3. The van der Waals surface area contributed by atoms with Crippen molar-refractivity contribution >= 4 is 28.7 Å². The van der Waals surface area contributed by atoms with Crippen LogP contribution in [-0.2, 0) is 27.2 Å². The van der Waals surface area contributed by atoms with E-state index in [0.717, 1.165) is 16.5 Å². The lowest BCUT2D eigenvalue weighted by molar-refractivity contribution is -0.142. The molecule has 0 aliphatic carbocycles. The zero-order valence-corrected chi connectivity index (χ0v) is 16.5. The molecule has 1 aromatic heterocycles. The van der Waals surface area contributed by atoms with Gasteiger partial charge in [0.1, 0.15) is 12.1 Å². The van der Waals surface area contributed by atoms with E-state index in [2.05, 4.69) is 15.6 Å². The maximum absolute atomic E-state index is 12.8. The Hall–Kier alpha value is -3.74. The SMILES string of the molecule is CC(=O)N[C@@H](Cc1ccccc1)C(=O)N[C@@H](Cc1ccc2ccccc2n1)C(=O)O. The third-order valence-corrected chi connectivity index (χ3v) is 4.66. The minimum atomic E-state index is -1.17. The number of benzene rings is 2. The molecule has 3 N–H and O–H groups in total. The summed E-state index contributed by atoms with van der Waals surface area (Å²) in [5.41, 5.74) is 2.17. The number of nitrogens with zero attached hydrogens (tertiary/aromatic N) is 1. The Bertz CT molecular complexity index is 1050. The van der Waals surface area contributed by atoms with E-state index in [1.54, 1.807) is 6.07 Å². The lowest BCUT2D eigenvalue weighted by Gasteiger charge is -2.21. The lowest BCUT2D eigenvalue weighted by atomic mass is 10.0. The van der Waals surface area contributed by atoms with E-state index in [1.807, 2.05) is 60.7 Å². The van der Waals surface area contributed by atoms with Gasteiger partial charge in [0, 0.05) is 30.8 Å². The Balaban J connectivity index is 1.74. The zero-order chi connectivity index (χ0) is 21.5. The first-order valence-corrected chi connectivity index (χ1v) is 9.61. The molecule has 1 heterocycles. The van der Waals surface area contributed by atoms with Crippen molar-refractivity contribution in [1.29, 1.82) is 0 Å². The predicted octanol–water partition coefficient (Wildman–Crippen LogP) is 2.09. The molecule has 0 saturated carbocycles. The molecule has 3 rings (SSSR count). The largest absolute Gasteiger partial charge is 0.480 e. The Labute approximate surface area is 174 Å². The van der Waals surface area contributed by atoms with Gasteiger partial charge in [-0.1, -0.05) is 54.6 Å². The normalized spacial score (nSPS) is 12.7. The van der Waals surface area contributed by atoms with Gasteiger partial charge in [-0.25, -0.2) is 4.79 Å². The van der Waals surface area contributed by atoms with E-state index in [1.165, 1.54) is 6.92 Å². The van der Waals surface area contributed by atoms with E-state index in [4.69, 9.17) is 0 Å². The number of nitrogens with one attached hydrogen (secondary N) is 2. The number of aliphatic carboxylic acids is 1. The van der Waals surface area contributed by atoms with E-state index in [-0.39, 0.29) is 18.7 Å². The summed E-state index contributed by atoms with van der Waals surface area (Å²) in [6.07, 6.45) is 0.289. The van der Waals surface area contributed by atoms with Gasteiger partial charge in [0.15, 0.2) is 0 Å². The maximum atomic E-state index is 12.8. The first-order chi connectivity index (χ1) is 14.4. The van der Waals surface area contributed by atoms with E-state index in [0.29, 0.717) is 5.69 Å². The van der Waals surface area contributed by atoms with E-state index < -0.39 is 24.0 Å². The molecule has 154 valence electrons. The van der Waals surface area contributed by atoms with Crippen LogP contribution in [0.3, 0.4) is 0 Å². The molecule has 2 amide bonds. The van der Waals surface area contributed by atoms with Crippen LogP contribution in [0.5, 0.6) is 0 Å². The fourth-order valence-electron chi connectivity index (χ4n) is 3.21. The smallest absolute Gasteiger partial charge is 0.326 e. The van der Waals surface area contributed by atoms with Gasteiger partial charge in [-0.15, -0.1) is 0 Å². The highest BCUT2D eigenvalue weighted by atomic mass is 16.4. The van der Waals surface area contributed by atoms with Crippen molar-refractivity contribution in [1.82, 2.24) is 15.6 Å². The van der Waals surface area contributed by atoms with Gasteiger partial charge in [0.05, 0.1) is 5.52 Å². The van der Waals surface area contributed by atoms with Crippen molar-refractivity contribution in [2.75, 3.05) is 0 Å². The number of hydrogen-bond acceptors (Lipinski definition) is 4.